The first-order valence-corrected chi connectivity index (χ1v) is 13.7. The van der Waals surface area contributed by atoms with Gasteiger partial charge in [-0.2, -0.15) is 18.4 Å². The minimum Gasteiger partial charge on any atom is -0.468 e. The second-order valence-corrected chi connectivity index (χ2v) is 10.4. The number of dihydropyridines is 1. The summed E-state index contributed by atoms with van der Waals surface area (Å²) in [7, 11) is 0. The van der Waals surface area contributed by atoms with Crippen molar-refractivity contribution in [2.75, 3.05) is 16.4 Å². The maximum atomic E-state index is 13.5. The molecule has 1 aliphatic heterocycles. The Morgan fingerprint density at radius 2 is 1.88 bits per heavy atom. The fourth-order valence-corrected chi connectivity index (χ4v) is 5.39. The first-order chi connectivity index (χ1) is 19.5. The minimum absolute atomic E-state index is 0.0366. The van der Waals surface area contributed by atoms with Crippen LogP contribution >= 0.6 is 23.4 Å². The van der Waals surface area contributed by atoms with Crippen LogP contribution in [0.15, 0.2) is 87.1 Å². The summed E-state index contributed by atoms with van der Waals surface area (Å²) in [5.74, 6) is -1.83. The summed E-state index contributed by atoms with van der Waals surface area (Å²) in [5.41, 5.74) is 0.939. The van der Waals surface area contributed by atoms with Gasteiger partial charge in [-0.25, -0.2) is 0 Å². The van der Waals surface area contributed by atoms with Crippen molar-refractivity contribution in [3.05, 3.63) is 105 Å². The van der Waals surface area contributed by atoms with Gasteiger partial charge in [-0.05, 0) is 55.3 Å². The molecule has 4 rings (SSSR count). The third-order valence-electron chi connectivity index (χ3n) is 6.28. The lowest BCUT2D eigenvalue weighted by Gasteiger charge is -2.28. The number of carbonyl (C=O) groups excluding carboxylic acids is 2. The Morgan fingerprint density at radius 1 is 1.12 bits per heavy atom. The Bertz CT molecular complexity index is 1580. The van der Waals surface area contributed by atoms with Crippen LogP contribution in [0.5, 0.6) is 0 Å². The predicted molar refractivity (Wildman–Crippen MR) is 152 cm³/mol. The van der Waals surface area contributed by atoms with Gasteiger partial charge in [0.2, 0.25) is 5.91 Å². The number of halogens is 4. The topological polar surface area (TPSA) is 107 Å². The molecule has 2 heterocycles. The van der Waals surface area contributed by atoms with Crippen LogP contribution in [-0.2, 0) is 22.2 Å². The number of thioether (sulfide) groups is 1. The Balaban J connectivity index is 1.61. The molecular weight excluding hydrogens is 577 g/mol. The van der Waals surface area contributed by atoms with E-state index in [4.69, 9.17) is 16.0 Å². The van der Waals surface area contributed by atoms with Crippen molar-refractivity contribution in [3.63, 3.8) is 0 Å². The van der Waals surface area contributed by atoms with E-state index in [1.165, 1.54) is 6.26 Å². The molecule has 0 fully saturated rings. The van der Waals surface area contributed by atoms with E-state index in [9.17, 15) is 28.0 Å². The fraction of sp³-hybridized carbons (Fsp3) is 0.207. The van der Waals surface area contributed by atoms with Crippen molar-refractivity contribution in [1.29, 1.82) is 5.26 Å². The quantitative estimate of drug-likeness (QED) is 0.252. The third kappa shape index (κ3) is 6.78. The number of nitrogens with zero attached hydrogens (tertiary/aromatic N) is 1. The highest BCUT2D eigenvalue weighted by Crippen LogP contribution is 2.42. The summed E-state index contributed by atoms with van der Waals surface area (Å²) < 4.78 is 45.4. The average Bonchev–Trinajstić information content (AvgIpc) is 3.47. The van der Waals surface area contributed by atoms with E-state index in [0.717, 1.165) is 41.9 Å². The molecule has 12 heteroatoms. The molecule has 0 radical (unpaired) electrons. The minimum atomic E-state index is -4.64. The van der Waals surface area contributed by atoms with Crippen molar-refractivity contribution in [2.45, 2.75) is 32.4 Å². The fourth-order valence-electron chi connectivity index (χ4n) is 4.33. The van der Waals surface area contributed by atoms with Gasteiger partial charge in [-0.1, -0.05) is 48.5 Å². The summed E-state index contributed by atoms with van der Waals surface area (Å²) in [4.78, 5) is 26.3. The first kappa shape index (κ1) is 29.8. The third-order valence-corrected chi connectivity index (χ3v) is 7.63. The number of hydrogen-bond donors (Lipinski definition) is 3. The molecule has 41 heavy (non-hydrogen) atoms. The number of furan rings is 1. The number of hydrogen-bond acceptors (Lipinski definition) is 6. The second kappa shape index (κ2) is 12.6. The lowest BCUT2D eigenvalue weighted by Crippen LogP contribution is -2.31. The second-order valence-electron chi connectivity index (χ2n) is 8.96. The number of benzene rings is 2. The number of amides is 2. The molecule has 1 aliphatic rings. The molecular formula is C29H24ClF3N4O3S. The van der Waals surface area contributed by atoms with Gasteiger partial charge in [0.1, 0.15) is 5.76 Å². The number of rotatable bonds is 8. The average molecular weight is 601 g/mol. The largest absolute Gasteiger partial charge is 0.468 e. The van der Waals surface area contributed by atoms with Crippen molar-refractivity contribution in [3.8, 4) is 6.07 Å². The number of nitriles is 1. The van der Waals surface area contributed by atoms with Gasteiger partial charge in [0.15, 0.2) is 0 Å². The highest BCUT2D eigenvalue weighted by molar-refractivity contribution is 8.03. The SMILES string of the molecule is CCc1ccccc1NC(=O)CSC1=C(C#N)[C@@H](c2ccco2)C(C(=O)Nc2cc(C(F)(F)F)ccc2Cl)=C(C)N1. The zero-order chi connectivity index (χ0) is 29.7. The first-order valence-electron chi connectivity index (χ1n) is 12.4. The lowest BCUT2D eigenvalue weighted by molar-refractivity contribution is -0.137. The number of para-hydroxylation sites is 1. The van der Waals surface area contributed by atoms with Crippen LogP contribution < -0.4 is 16.0 Å². The Morgan fingerprint density at radius 3 is 2.54 bits per heavy atom. The van der Waals surface area contributed by atoms with Gasteiger partial charge < -0.3 is 20.4 Å². The van der Waals surface area contributed by atoms with Crippen LogP contribution in [0.3, 0.4) is 0 Å². The monoisotopic (exact) mass is 600 g/mol. The Kier molecular flexibility index (Phi) is 9.15. The molecule has 2 amide bonds. The number of allylic oxidation sites excluding steroid dienone is 2. The number of carbonyl (C=O) groups is 2. The normalized spacial score (nSPS) is 15.3. The zero-order valence-electron chi connectivity index (χ0n) is 21.9. The smallest absolute Gasteiger partial charge is 0.416 e. The molecule has 3 aromatic rings. The number of alkyl halides is 3. The zero-order valence-corrected chi connectivity index (χ0v) is 23.4. The molecule has 2 aromatic carbocycles. The highest BCUT2D eigenvalue weighted by atomic mass is 35.5. The predicted octanol–water partition coefficient (Wildman–Crippen LogP) is 7.22. The van der Waals surface area contributed by atoms with Crippen LogP contribution in [0.25, 0.3) is 0 Å². The van der Waals surface area contributed by atoms with E-state index in [2.05, 4.69) is 22.0 Å². The summed E-state index contributed by atoms with van der Waals surface area (Å²) in [5, 5.41) is 18.7. The van der Waals surface area contributed by atoms with Crippen molar-refractivity contribution < 1.29 is 27.2 Å². The standard InChI is InChI=1S/C29H24ClF3N4O3S/c1-3-17-7-4-5-8-21(17)36-24(38)15-41-28-19(14-34)26(23-9-6-12-40-23)25(16(2)35-28)27(39)37-22-13-18(29(31,32)33)10-11-20(22)30/h4-13,26,35H,3,15H2,1-2H3,(H,36,38)(H,37,39)/t26-/m0/s1. The summed E-state index contributed by atoms with van der Waals surface area (Å²) >= 11 is 7.17. The van der Waals surface area contributed by atoms with Crippen molar-refractivity contribution in [1.82, 2.24) is 5.32 Å². The molecule has 0 aliphatic carbocycles. The van der Waals surface area contributed by atoms with Crippen LogP contribution in [0.4, 0.5) is 24.5 Å². The van der Waals surface area contributed by atoms with E-state index in [-0.39, 0.29) is 39.3 Å². The molecule has 0 bridgehead atoms. The summed E-state index contributed by atoms with van der Waals surface area (Å²) in [6.45, 7) is 3.57. The van der Waals surface area contributed by atoms with E-state index >= 15 is 0 Å². The molecule has 0 saturated heterocycles. The maximum absolute atomic E-state index is 13.5. The molecule has 1 atom stereocenters. The summed E-state index contributed by atoms with van der Waals surface area (Å²) in [6.07, 6.45) is -2.53. The Labute approximate surface area is 243 Å². The lowest BCUT2D eigenvalue weighted by atomic mass is 9.85. The van der Waals surface area contributed by atoms with Gasteiger partial charge in [0.25, 0.3) is 5.91 Å². The van der Waals surface area contributed by atoms with E-state index in [0.29, 0.717) is 16.4 Å². The maximum Gasteiger partial charge on any atom is 0.416 e. The molecule has 212 valence electrons. The van der Waals surface area contributed by atoms with E-state index in [1.807, 2.05) is 31.2 Å². The summed E-state index contributed by atoms with van der Waals surface area (Å²) in [6, 6.07) is 15.3. The molecule has 7 nitrogen and oxygen atoms in total. The highest BCUT2D eigenvalue weighted by Gasteiger charge is 2.37. The number of nitrogens with one attached hydrogen (secondary N) is 3. The van der Waals surface area contributed by atoms with Crippen LogP contribution in [0.2, 0.25) is 5.02 Å². The van der Waals surface area contributed by atoms with Gasteiger partial charge in [0.05, 0.1) is 56.5 Å². The van der Waals surface area contributed by atoms with Gasteiger partial charge >= 0.3 is 6.18 Å². The molecule has 0 spiro atoms. The van der Waals surface area contributed by atoms with Crippen LogP contribution in [0, 0.1) is 11.3 Å². The van der Waals surface area contributed by atoms with E-state index < -0.39 is 23.6 Å². The molecule has 1 aromatic heterocycles. The van der Waals surface area contributed by atoms with Gasteiger partial charge in [0, 0.05) is 11.4 Å². The van der Waals surface area contributed by atoms with Gasteiger partial charge in [-0.3, -0.25) is 9.59 Å². The van der Waals surface area contributed by atoms with Crippen LogP contribution in [0.1, 0.15) is 36.7 Å². The molecule has 0 unspecified atom stereocenters. The van der Waals surface area contributed by atoms with E-state index in [1.54, 1.807) is 19.1 Å². The molecule has 3 N–H and O–H groups in total. The number of aryl methyl sites for hydroxylation is 1. The molecule has 0 saturated carbocycles. The van der Waals surface area contributed by atoms with Crippen molar-refractivity contribution >= 4 is 46.6 Å². The van der Waals surface area contributed by atoms with Crippen molar-refractivity contribution in [2.24, 2.45) is 0 Å². The van der Waals surface area contributed by atoms with Crippen LogP contribution in [-0.4, -0.2) is 17.6 Å². The van der Waals surface area contributed by atoms with Gasteiger partial charge in [-0.15, -0.1) is 0 Å². The Hall–Kier alpha value is -4.14. The number of anilines is 2.